The fourth-order valence-electron chi connectivity index (χ4n) is 4.23. The van der Waals surface area contributed by atoms with Gasteiger partial charge in [0, 0.05) is 22.3 Å². The number of aliphatic imine (C=N–C) groups is 2. The zero-order chi connectivity index (χ0) is 30.9. The molecule has 43 heavy (non-hydrogen) atoms. The number of methoxy groups -OCH3 is 6. The number of hydrogen-bond donors (Lipinski definition) is 1. The first kappa shape index (κ1) is 30.3. The molecule has 0 aliphatic heterocycles. The maximum Gasteiger partial charge on any atom is 0.203 e. The van der Waals surface area contributed by atoms with E-state index >= 15 is 0 Å². The van der Waals surface area contributed by atoms with Crippen molar-refractivity contribution in [2.75, 3.05) is 42.7 Å². The number of hydrogen-bond acceptors (Lipinski definition) is 11. The number of nitrogens with zero attached hydrogens (tertiary/aromatic N) is 5. The molecule has 0 unspecified atom stereocenters. The molecular formula is C31H32N6O6. The van der Waals surface area contributed by atoms with Gasteiger partial charge in [0.15, 0.2) is 34.7 Å². The molecule has 222 valence electrons. The van der Waals surface area contributed by atoms with Gasteiger partial charge in [0.25, 0.3) is 0 Å². The molecule has 0 fully saturated rings. The molecule has 3 aromatic carbocycles. The molecule has 12 heteroatoms. The number of aromatic nitrogens is 3. The maximum atomic E-state index is 6.34. The van der Waals surface area contributed by atoms with E-state index in [-0.39, 0.29) is 0 Å². The van der Waals surface area contributed by atoms with Crippen molar-refractivity contribution in [2.24, 2.45) is 15.7 Å². The van der Waals surface area contributed by atoms with Crippen molar-refractivity contribution in [3.8, 4) is 57.1 Å². The standard InChI is InChI=1S/C31H32N6O6/c1-33-30(34-16-22(32)20-12-24(38-2)28(42-6)25(13-20)39-3)18-9-8-10-19(11-18)31-35-17-23(36-37-31)21-14-26(40-4)29(43-7)27(15-21)41-5/h8-17H,1,32H2,2-7H3/b22-16-,34-30-. The number of nitrogens with two attached hydrogens (primary N) is 1. The third-order valence-electron chi connectivity index (χ3n) is 6.37. The number of benzene rings is 3. The average molecular weight is 585 g/mol. The summed E-state index contributed by atoms with van der Waals surface area (Å²) in [7, 11) is 9.24. The van der Waals surface area contributed by atoms with E-state index in [1.165, 1.54) is 27.5 Å². The third-order valence-corrected chi connectivity index (χ3v) is 6.37. The van der Waals surface area contributed by atoms with Gasteiger partial charge in [-0.05, 0) is 37.0 Å². The van der Waals surface area contributed by atoms with Crippen LogP contribution in [0.15, 0.2) is 70.9 Å². The van der Waals surface area contributed by atoms with Crippen LogP contribution in [-0.4, -0.2) is 70.4 Å². The number of rotatable bonds is 11. The minimum Gasteiger partial charge on any atom is -0.493 e. The molecule has 12 nitrogen and oxygen atoms in total. The minimum absolute atomic E-state index is 0.347. The van der Waals surface area contributed by atoms with Gasteiger partial charge in [-0.1, -0.05) is 18.2 Å². The molecule has 2 N–H and O–H groups in total. The van der Waals surface area contributed by atoms with Crippen LogP contribution in [0.3, 0.4) is 0 Å². The molecule has 0 bridgehead atoms. The summed E-state index contributed by atoms with van der Waals surface area (Å²) < 4.78 is 32.5. The van der Waals surface area contributed by atoms with Crippen molar-refractivity contribution >= 4 is 18.3 Å². The fourth-order valence-corrected chi connectivity index (χ4v) is 4.23. The van der Waals surface area contributed by atoms with Crippen LogP contribution in [0.1, 0.15) is 11.1 Å². The highest BCUT2D eigenvalue weighted by molar-refractivity contribution is 6.02. The summed E-state index contributed by atoms with van der Waals surface area (Å²) in [5, 5.41) is 8.71. The molecule has 0 aliphatic carbocycles. The Morgan fingerprint density at radius 2 is 1.30 bits per heavy atom. The maximum absolute atomic E-state index is 6.34. The van der Waals surface area contributed by atoms with Gasteiger partial charge in [0.1, 0.15) is 5.69 Å². The molecular weight excluding hydrogens is 552 g/mol. The van der Waals surface area contributed by atoms with Crippen molar-refractivity contribution in [1.29, 1.82) is 0 Å². The van der Waals surface area contributed by atoms with Gasteiger partial charge >= 0.3 is 0 Å². The van der Waals surface area contributed by atoms with Crippen molar-refractivity contribution in [2.45, 2.75) is 0 Å². The van der Waals surface area contributed by atoms with Gasteiger partial charge in [-0.2, -0.15) is 0 Å². The van der Waals surface area contributed by atoms with Crippen LogP contribution >= 0.6 is 0 Å². The molecule has 0 spiro atoms. The predicted molar refractivity (Wildman–Crippen MR) is 165 cm³/mol. The smallest absolute Gasteiger partial charge is 0.203 e. The second-order valence-corrected chi connectivity index (χ2v) is 8.77. The Balaban J connectivity index is 1.63. The van der Waals surface area contributed by atoms with Crippen molar-refractivity contribution < 1.29 is 28.4 Å². The normalized spacial score (nSPS) is 11.5. The molecule has 0 saturated carbocycles. The number of ether oxygens (including phenoxy) is 6. The fraction of sp³-hybridized carbons (Fsp3) is 0.194. The topological polar surface area (TPSA) is 145 Å². The van der Waals surface area contributed by atoms with E-state index in [0.29, 0.717) is 79.8 Å². The first-order valence-electron chi connectivity index (χ1n) is 12.8. The van der Waals surface area contributed by atoms with Gasteiger partial charge in [0.2, 0.25) is 11.5 Å². The molecule has 4 aromatic rings. The van der Waals surface area contributed by atoms with Crippen LogP contribution in [0, 0.1) is 0 Å². The summed E-state index contributed by atoms with van der Waals surface area (Å²) in [6.07, 6.45) is 3.11. The molecule has 1 aromatic heterocycles. The van der Waals surface area contributed by atoms with Crippen LogP contribution in [0.4, 0.5) is 0 Å². The Morgan fingerprint density at radius 1 is 0.721 bits per heavy atom. The predicted octanol–water partition coefficient (Wildman–Crippen LogP) is 4.66. The Morgan fingerprint density at radius 3 is 1.79 bits per heavy atom. The van der Waals surface area contributed by atoms with E-state index in [1.54, 1.807) is 51.8 Å². The largest absolute Gasteiger partial charge is 0.493 e. The average Bonchev–Trinajstić information content (AvgIpc) is 3.07. The number of amidine groups is 1. The van der Waals surface area contributed by atoms with Crippen molar-refractivity contribution in [3.63, 3.8) is 0 Å². The zero-order valence-corrected chi connectivity index (χ0v) is 24.7. The van der Waals surface area contributed by atoms with Crippen LogP contribution in [0.25, 0.3) is 28.3 Å². The lowest BCUT2D eigenvalue weighted by atomic mass is 10.1. The van der Waals surface area contributed by atoms with Crippen molar-refractivity contribution in [1.82, 2.24) is 15.2 Å². The van der Waals surface area contributed by atoms with E-state index in [9.17, 15) is 0 Å². The Bertz CT molecular complexity index is 1620. The molecule has 0 amide bonds. The van der Waals surface area contributed by atoms with E-state index in [4.69, 9.17) is 34.2 Å². The second kappa shape index (κ2) is 13.8. The first-order valence-corrected chi connectivity index (χ1v) is 12.8. The quantitative estimate of drug-likeness (QED) is 0.195. The van der Waals surface area contributed by atoms with E-state index in [0.717, 1.165) is 0 Å². The molecule has 0 radical (unpaired) electrons. The minimum atomic E-state index is 0.347. The highest BCUT2D eigenvalue weighted by atomic mass is 16.5. The lowest BCUT2D eigenvalue weighted by Gasteiger charge is -2.14. The lowest BCUT2D eigenvalue weighted by Crippen LogP contribution is -2.02. The summed E-state index contributed by atoms with van der Waals surface area (Å²) in [5.41, 5.74) is 9.94. The molecule has 0 atom stereocenters. The third kappa shape index (κ3) is 6.48. The highest BCUT2D eigenvalue weighted by Crippen LogP contribution is 2.41. The summed E-state index contributed by atoms with van der Waals surface area (Å²) >= 11 is 0. The molecule has 4 rings (SSSR count). The molecule has 1 heterocycles. The SMILES string of the molecule is C=N/C(=N\C=C(/N)c1cc(OC)c(OC)c(OC)c1)c1cccc(-c2ncc(-c3cc(OC)c(OC)c(OC)c3)nn2)c1. The van der Waals surface area contributed by atoms with Gasteiger partial charge in [-0.3, -0.25) is 0 Å². The van der Waals surface area contributed by atoms with E-state index < -0.39 is 0 Å². The summed E-state index contributed by atoms with van der Waals surface area (Å²) in [4.78, 5) is 13.1. The first-order chi connectivity index (χ1) is 20.9. The summed E-state index contributed by atoms with van der Waals surface area (Å²) in [6, 6.07) is 14.4. The van der Waals surface area contributed by atoms with Gasteiger partial charge < -0.3 is 34.2 Å². The van der Waals surface area contributed by atoms with Crippen LogP contribution in [-0.2, 0) is 0 Å². The van der Waals surface area contributed by atoms with Crippen LogP contribution in [0.5, 0.6) is 34.5 Å². The Kier molecular flexibility index (Phi) is 9.74. The summed E-state index contributed by atoms with van der Waals surface area (Å²) in [5.74, 6) is 3.64. The van der Waals surface area contributed by atoms with Crippen molar-refractivity contribution in [3.05, 3.63) is 72.1 Å². The highest BCUT2D eigenvalue weighted by Gasteiger charge is 2.17. The molecule has 0 aliphatic rings. The van der Waals surface area contributed by atoms with Gasteiger partial charge in [-0.25, -0.2) is 15.0 Å². The Hall–Kier alpha value is -5.65. The zero-order valence-electron chi connectivity index (χ0n) is 24.7. The second-order valence-electron chi connectivity index (χ2n) is 8.77. The lowest BCUT2D eigenvalue weighted by molar-refractivity contribution is 0.324. The Labute approximate surface area is 249 Å². The summed E-state index contributed by atoms with van der Waals surface area (Å²) in [6.45, 7) is 3.67. The van der Waals surface area contributed by atoms with Crippen LogP contribution in [0.2, 0.25) is 0 Å². The van der Waals surface area contributed by atoms with E-state index in [1.807, 2.05) is 24.3 Å². The van der Waals surface area contributed by atoms with Gasteiger partial charge in [0.05, 0.1) is 60.8 Å². The van der Waals surface area contributed by atoms with E-state index in [2.05, 4.69) is 31.9 Å². The molecule has 0 saturated heterocycles. The van der Waals surface area contributed by atoms with Gasteiger partial charge in [-0.15, -0.1) is 10.2 Å². The monoisotopic (exact) mass is 584 g/mol. The van der Waals surface area contributed by atoms with Crippen LogP contribution < -0.4 is 34.2 Å².